The van der Waals surface area contributed by atoms with Gasteiger partial charge in [0.05, 0.1) is 26.9 Å². The molecule has 2 aromatic carbocycles. The van der Waals surface area contributed by atoms with Crippen molar-refractivity contribution in [1.29, 1.82) is 0 Å². The molecule has 0 spiro atoms. The highest BCUT2D eigenvalue weighted by atomic mass is 16.5. The fourth-order valence-corrected chi connectivity index (χ4v) is 3.03. The van der Waals surface area contributed by atoms with E-state index in [1.165, 1.54) is 0 Å². The molecule has 6 nitrogen and oxygen atoms in total. The largest absolute Gasteiger partial charge is 0.493 e. The number of hydrogen-bond acceptors (Lipinski definition) is 4. The number of aryl methyl sites for hydroxylation is 1. The van der Waals surface area contributed by atoms with Crippen molar-refractivity contribution in [3.63, 3.8) is 0 Å². The Bertz CT molecular complexity index is 976. The molecule has 0 aliphatic carbocycles. The Morgan fingerprint density at radius 2 is 1.93 bits per heavy atom. The second-order valence-electron chi connectivity index (χ2n) is 6.05. The maximum absolute atomic E-state index is 12.2. The first-order chi connectivity index (χ1) is 13.2. The molecule has 0 fully saturated rings. The number of carbonyl (C=O) groups is 1. The average molecular weight is 365 g/mol. The number of para-hydroxylation sites is 1. The average Bonchev–Trinajstić information content (AvgIpc) is 3.06. The predicted molar refractivity (Wildman–Crippen MR) is 107 cm³/mol. The molecule has 1 heterocycles. The number of carbonyl (C=O) groups excluding carboxylic acids is 1. The number of hydrazone groups is 1. The quantitative estimate of drug-likeness (QED) is 0.516. The number of amides is 1. The summed E-state index contributed by atoms with van der Waals surface area (Å²) in [6.45, 7) is 2.97. The molecule has 0 aliphatic heterocycles. The minimum atomic E-state index is -0.197. The van der Waals surface area contributed by atoms with Crippen molar-refractivity contribution in [2.45, 2.75) is 19.9 Å². The molecule has 1 amide bonds. The summed E-state index contributed by atoms with van der Waals surface area (Å²) in [5.41, 5.74) is 5.53. The first-order valence-corrected chi connectivity index (χ1v) is 8.77. The van der Waals surface area contributed by atoms with Crippen molar-refractivity contribution in [1.82, 2.24) is 9.99 Å². The van der Waals surface area contributed by atoms with Gasteiger partial charge in [-0.3, -0.25) is 4.79 Å². The maximum atomic E-state index is 12.2. The topological polar surface area (TPSA) is 64.9 Å². The normalized spacial score (nSPS) is 11.1. The monoisotopic (exact) mass is 365 g/mol. The Labute approximate surface area is 158 Å². The van der Waals surface area contributed by atoms with Gasteiger partial charge in [0.1, 0.15) is 0 Å². The number of rotatable bonds is 7. The molecule has 0 atom stereocenters. The molecule has 0 radical (unpaired) electrons. The van der Waals surface area contributed by atoms with Gasteiger partial charge in [-0.25, -0.2) is 5.43 Å². The van der Waals surface area contributed by atoms with E-state index < -0.39 is 0 Å². The van der Waals surface area contributed by atoms with Gasteiger partial charge in [-0.05, 0) is 30.7 Å². The fraction of sp³-hybridized carbons (Fsp3) is 0.238. The number of aromatic nitrogens is 1. The zero-order chi connectivity index (χ0) is 19.2. The zero-order valence-corrected chi connectivity index (χ0v) is 15.7. The highest BCUT2D eigenvalue weighted by molar-refractivity contribution is 5.99. The lowest BCUT2D eigenvalue weighted by Crippen LogP contribution is -2.19. The number of ether oxygens (including phenoxy) is 2. The van der Waals surface area contributed by atoms with Crippen LogP contribution in [0.5, 0.6) is 11.5 Å². The van der Waals surface area contributed by atoms with E-state index in [-0.39, 0.29) is 12.3 Å². The van der Waals surface area contributed by atoms with Crippen LogP contribution >= 0.6 is 0 Å². The molecular weight excluding hydrogens is 342 g/mol. The molecule has 1 aromatic heterocycles. The summed E-state index contributed by atoms with van der Waals surface area (Å²) in [6, 6.07) is 13.5. The van der Waals surface area contributed by atoms with Crippen LogP contribution in [0.2, 0.25) is 0 Å². The van der Waals surface area contributed by atoms with Crippen LogP contribution in [0.25, 0.3) is 10.9 Å². The number of benzene rings is 2. The molecule has 1 N–H and O–H groups in total. The van der Waals surface area contributed by atoms with E-state index in [1.54, 1.807) is 32.6 Å². The van der Waals surface area contributed by atoms with Crippen LogP contribution in [-0.4, -0.2) is 30.9 Å². The van der Waals surface area contributed by atoms with Gasteiger partial charge < -0.3 is 14.0 Å². The first-order valence-electron chi connectivity index (χ1n) is 8.77. The molecule has 140 valence electrons. The molecule has 0 aliphatic rings. The highest BCUT2D eigenvalue weighted by Gasteiger charge is 2.08. The second kappa shape index (κ2) is 8.40. The van der Waals surface area contributed by atoms with Crippen molar-refractivity contribution in [2.75, 3.05) is 14.2 Å². The van der Waals surface area contributed by atoms with E-state index in [4.69, 9.17) is 9.47 Å². The zero-order valence-electron chi connectivity index (χ0n) is 15.7. The molecule has 0 saturated heterocycles. The third kappa shape index (κ3) is 4.11. The van der Waals surface area contributed by atoms with Gasteiger partial charge in [0.2, 0.25) is 5.91 Å². The smallest absolute Gasteiger partial charge is 0.244 e. The second-order valence-corrected chi connectivity index (χ2v) is 6.05. The van der Waals surface area contributed by atoms with E-state index in [9.17, 15) is 4.79 Å². The lowest BCUT2D eigenvalue weighted by Gasteiger charge is -2.09. The summed E-state index contributed by atoms with van der Waals surface area (Å²) in [4.78, 5) is 12.2. The third-order valence-electron chi connectivity index (χ3n) is 4.37. The molecule has 0 bridgehead atoms. The van der Waals surface area contributed by atoms with Crippen molar-refractivity contribution >= 4 is 23.0 Å². The molecule has 0 unspecified atom stereocenters. The number of hydrogen-bond donors (Lipinski definition) is 1. The molecule has 0 saturated carbocycles. The van der Waals surface area contributed by atoms with Crippen LogP contribution in [0.4, 0.5) is 0 Å². The van der Waals surface area contributed by atoms with E-state index >= 15 is 0 Å². The first kappa shape index (κ1) is 18.5. The summed E-state index contributed by atoms with van der Waals surface area (Å²) in [7, 11) is 3.15. The number of fused-ring (bicyclic) bond motifs is 1. The fourth-order valence-electron chi connectivity index (χ4n) is 3.03. The van der Waals surface area contributed by atoms with Crippen LogP contribution in [0.3, 0.4) is 0 Å². The molecule has 6 heteroatoms. The Morgan fingerprint density at radius 3 is 2.67 bits per heavy atom. The Balaban J connectivity index is 1.67. The molecule has 3 aromatic rings. The van der Waals surface area contributed by atoms with Gasteiger partial charge in [0.15, 0.2) is 11.5 Å². The summed E-state index contributed by atoms with van der Waals surface area (Å²) >= 11 is 0. The van der Waals surface area contributed by atoms with Crippen LogP contribution < -0.4 is 14.9 Å². The predicted octanol–water partition coefficient (Wildman–Crippen LogP) is 3.37. The summed E-state index contributed by atoms with van der Waals surface area (Å²) in [5.74, 6) is 1.03. The van der Waals surface area contributed by atoms with Crippen molar-refractivity contribution in [3.05, 3.63) is 59.8 Å². The SMILES string of the molecule is CCn1cc(/C=N\NC(=O)Cc2ccc(OC)c(OC)c2)c2ccccc21. The van der Waals surface area contributed by atoms with Crippen molar-refractivity contribution in [2.24, 2.45) is 5.10 Å². The summed E-state index contributed by atoms with van der Waals surface area (Å²) in [6.07, 6.45) is 3.92. The Kier molecular flexibility index (Phi) is 5.76. The number of nitrogens with one attached hydrogen (secondary N) is 1. The van der Waals surface area contributed by atoms with Gasteiger partial charge >= 0.3 is 0 Å². The summed E-state index contributed by atoms with van der Waals surface area (Å²) in [5, 5.41) is 5.23. The standard InChI is InChI=1S/C21H23N3O3/c1-4-24-14-16(17-7-5-6-8-18(17)24)13-22-23-21(25)12-15-9-10-19(26-2)20(11-15)27-3/h5-11,13-14H,4,12H2,1-3H3,(H,23,25)/b22-13-. The maximum Gasteiger partial charge on any atom is 0.244 e. The van der Waals surface area contributed by atoms with Gasteiger partial charge in [-0.1, -0.05) is 24.3 Å². The van der Waals surface area contributed by atoms with E-state index in [2.05, 4.69) is 28.1 Å². The number of nitrogens with zero attached hydrogens (tertiary/aromatic N) is 2. The molecule has 27 heavy (non-hydrogen) atoms. The van der Waals surface area contributed by atoms with Crippen LogP contribution in [-0.2, 0) is 17.8 Å². The van der Waals surface area contributed by atoms with Gasteiger partial charge in [-0.15, -0.1) is 0 Å². The van der Waals surface area contributed by atoms with Gasteiger partial charge in [-0.2, -0.15) is 5.10 Å². The molecule has 3 rings (SSSR count). The Hall–Kier alpha value is -3.28. The lowest BCUT2D eigenvalue weighted by atomic mass is 10.1. The third-order valence-corrected chi connectivity index (χ3v) is 4.37. The minimum absolute atomic E-state index is 0.197. The van der Waals surface area contributed by atoms with Gasteiger partial charge in [0.25, 0.3) is 0 Å². The van der Waals surface area contributed by atoms with Crippen molar-refractivity contribution in [3.8, 4) is 11.5 Å². The van der Waals surface area contributed by atoms with E-state index in [0.717, 1.165) is 28.6 Å². The highest BCUT2D eigenvalue weighted by Crippen LogP contribution is 2.27. The lowest BCUT2D eigenvalue weighted by molar-refractivity contribution is -0.120. The minimum Gasteiger partial charge on any atom is -0.493 e. The molecular formula is C21H23N3O3. The van der Waals surface area contributed by atoms with Gasteiger partial charge in [0, 0.05) is 29.2 Å². The van der Waals surface area contributed by atoms with Crippen LogP contribution in [0.1, 0.15) is 18.1 Å². The summed E-state index contributed by atoms with van der Waals surface area (Å²) < 4.78 is 12.6. The van der Waals surface area contributed by atoms with Crippen LogP contribution in [0, 0.1) is 0 Å². The van der Waals surface area contributed by atoms with Crippen molar-refractivity contribution < 1.29 is 14.3 Å². The Morgan fingerprint density at radius 1 is 1.15 bits per heavy atom. The number of methoxy groups -OCH3 is 2. The van der Waals surface area contributed by atoms with E-state index in [0.29, 0.717) is 11.5 Å². The van der Waals surface area contributed by atoms with E-state index in [1.807, 2.05) is 30.5 Å². The van der Waals surface area contributed by atoms with Crippen LogP contribution in [0.15, 0.2) is 53.8 Å².